The second kappa shape index (κ2) is 8.81. The van der Waals surface area contributed by atoms with E-state index in [9.17, 15) is 19.7 Å². The number of thioether (sulfide) groups is 1. The van der Waals surface area contributed by atoms with Crippen LogP contribution in [0.25, 0.3) is 0 Å². The molecule has 0 bridgehead atoms. The molecule has 0 radical (unpaired) electrons. The van der Waals surface area contributed by atoms with E-state index in [4.69, 9.17) is 0 Å². The lowest BCUT2D eigenvalue weighted by Crippen LogP contribution is -2.37. The summed E-state index contributed by atoms with van der Waals surface area (Å²) in [5, 5.41) is 15.6. The number of para-hydroxylation sites is 1. The summed E-state index contributed by atoms with van der Waals surface area (Å²) >= 11 is 1.40. The number of fused-ring (bicyclic) bond motifs is 1. The fraction of sp³-hybridized carbons (Fsp3) is 0.269. The van der Waals surface area contributed by atoms with Crippen molar-refractivity contribution in [2.45, 2.75) is 43.5 Å². The molecular weight excluding hydrogens is 464 g/mol. The van der Waals surface area contributed by atoms with Gasteiger partial charge in [-0.05, 0) is 17.4 Å². The molecule has 3 aromatic rings. The summed E-state index contributed by atoms with van der Waals surface area (Å²) in [4.78, 5) is 45.7. The standard InChI is InChI=1S/C26H24N4O4S/c1-26(2)12-17-21(19(31)13-26)20(16-10-6-7-11-18(16)30(33)34)22-23(27-17)28-25(29-24(22)32)35-14-15-8-4-3-5-9-15/h3-11,20H,12-14H2,1-2H3,(H2,27,28,29,32)/t20-/m0/s1. The highest BCUT2D eigenvalue weighted by atomic mass is 32.2. The van der Waals surface area contributed by atoms with E-state index in [2.05, 4.69) is 15.3 Å². The van der Waals surface area contributed by atoms with E-state index < -0.39 is 16.4 Å². The first kappa shape index (κ1) is 23.0. The van der Waals surface area contributed by atoms with Crippen LogP contribution in [-0.2, 0) is 10.5 Å². The number of nitrogens with one attached hydrogen (secondary N) is 2. The minimum absolute atomic E-state index is 0.112. The summed E-state index contributed by atoms with van der Waals surface area (Å²) in [6, 6.07) is 16.1. The Morgan fingerprint density at radius 3 is 2.54 bits per heavy atom. The van der Waals surface area contributed by atoms with Gasteiger partial charge in [0.05, 0.1) is 16.4 Å². The predicted octanol–water partition coefficient (Wildman–Crippen LogP) is 5.17. The molecule has 1 aliphatic heterocycles. The van der Waals surface area contributed by atoms with Crippen molar-refractivity contribution in [3.63, 3.8) is 0 Å². The van der Waals surface area contributed by atoms with Crippen molar-refractivity contribution in [1.29, 1.82) is 0 Å². The first-order valence-corrected chi connectivity index (χ1v) is 12.3. The number of benzene rings is 2. The SMILES string of the molecule is CC1(C)CC(=O)C2=C(C1)Nc1nc(SCc3ccccc3)[nH]c(=O)c1[C@H]2c1ccccc1[N+](=O)[O-]. The largest absolute Gasteiger partial charge is 0.343 e. The van der Waals surface area contributed by atoms with E-state index in [1.54, 1.807) is 18.2 Å². The van der Waals surface area contributed by atoms with Crippen LogP contribution in [0.2, 0.25) is 0 Å². The molecule has 1 aliphatic carbocycles. The number of aromatic nitrogens is 2. The van der Waals surface area contributed by atoms with Gasteiger partial charge in [-0.15, -0.1) is 0 Å². The number of carbonyl (C=O) groups is 1. The predicted molar refractivity (Wildman–Crippen MR) is 134 cm³/mol. The van der Waals surface area contributed by atoms with Crippen molar-refractivity contribution in [2.75, 3.05) is 5.32 Å². The van der Waals surface area contributed by atoms with Crippen molar-refractivity contribution in [1.82, 2.24) is 9.97 Å². The van der Waals surface area contributed by atoms with Crippen LogP contribution >= 0.6 is 11.8 Å². The maximum absolute atomic E-state index is 13.4. The van der Waals surface area contributed by atoms with Crippen LogP contribution in [0.1, 0.15) is 49.3 Å². The lowest BCUT2D eigenvalue weighted by Gasteiger charge is -2.38. The van der Waals surface area contributed by atoms with Crippen LogP contribution in [0.4, 0.5) is 11.5 Å². The van der Waals surface area contributed by atoms with Crippen LogP contribution in [0.3, 0.4) is 0 Å². The van der Waals surface area contributed by atoms with Gasteiger partial charge in [-0.2, -0.15) is 0 Å². The molecule has 0 fully saturated rings. The normalized spacial score (nSPS) is 18.5. The monoisotopic (exact) mass is 488 g/mol. The highest BCUT2D eigenvalue weighted by Crippen LogP contribution is 2.49. The van der Waals surface area contributed by atoms with E-state index in [0.717, 1.165) is 5.56 Å². The zero-order valence-electron chi connectivity index (χ0n) is 19.3. The fourth-order valence-corrected chi connectivity index (χ4v) is 5.71. The Morgan fingerprint density at radius 2 is 1.80 bits per heavy atom. The molecule has 0 amide bonds. The van der Waals surface area contributed by atoms with Gasteiger partial charge in [-0.3, -0.25) is 19.7 Å². The Hall–Kier alpha value is -3.72. The van der Waals surface area contributed by atoms with Crippen LogP contribution < -0.4 is 10.9 Å². The summed E-state index contributed by atoms with van der Waals surface area (Å²) in [5.41, 5.74) is 1.92. The molecule has 5 rings (SSSR count). The first-order chi connectivity index (χ1) is 16.7. The van der Waals surface area contributed by atoms with E-state index in [1.807, 2.05) is 44.2 Å². The van der Waals surface area contributed by atoms with Gasteiger partial charge in [0.15, 0.2) is 10.9 Å². The zero-order chi connectivity index (χ0) is 24.7. The number of nitrogens with zero attached hydrogens (tertiary/aromatic N) is 2. The lowest BCUT2D eigenvalue weighted by molar-refractivity contribution is -0.385. The van der Waals surface area contributed by atoms with E-state index >= 15 is 0 Å². The molecule has 0 saturated heterocycles. The number of hydrogen-bond donors (Lipinski definition) is 2. The molecule has 1 aromatic heterocycles. The fourth-order valence-electron chi connectivity index (χ4n) is 4.90. The zero-order valence-corrected chi connectivity index (χ0v) is 20.1. The van der Waals surface area contributed by atoms with Gasteiger partial charge >= 0.3 is 0 Å². The van der Waals surface area contributed by atoms with Crippen molar-refractivity contribution in [3.8, 4) is 0 Å². The molecule has 2 aliphatic rings. The number of hydrogen-bond acceptors (Lipinski definition) is 7. The van der Waals surface area contributed by atoms with Gasteiger partial charge in [0.1, 0.15) is 5.82 Å². The van der Waals surface area contributed by atoms with Gasteiger partial charge in [-0.1, -0.05) is 74.1 Å². The third-order valence-corrected chi connectivity index (χ3v) is 7.31. The minimum Gasteiger partial charge on any atom is -0.343 e. The molecule has 1 atom stereocenters. The van der Waals surface area contributed by atoms with Crippen molar-refractivity contribution >= 4 is 29.1 Å². The molecule has 9 heteroatoms. The maximum atomic E-state index is 13.4. The van der Waals surface area contributed by atoms with Gasteiger partial charge in [0, 0.05) is 35.1 Å². The number of nitro groups is 1. The quantitative estimate of drug-likeness (QED) is 0.220. The Labute approximate surface area is 206 Å². The number of rotatable bonds is 5. The second-order valence-corrected chi connectivity index (χ2v) is 10.6. The van der Waals surface area contributed by atoms with Crippen molar-refractivity contribution < 1.29 is 9.72 Å². The summed E-state index contributed by atoms with van der Waals surface area (Å²) in [7, 11) is 0. The highest BCUT2D eigenvalue weighted by Gasteiger charge is 2.44. The number of Topliss-reactive ketones (excluding diaryl/α,β-unsaturated/α-hetero) is 1. The topological polar surface area (TPSA) is 118 Å². The maximum Gasteiger partial charge on any atom is 0.273 e. The third-order valence-electron chi connectivity index (χ3n) is 6.36. The summed E-state index contributed by atoms with van der Waals surface area (Å²) in [6.07, 6.45) is 0.877. The smallest absolute Gasteiger partial charge is 0.273 e. The van der Waals surface area contributed by atoms with Crippen molar-refractivity contribution in [3.05, 3.63) is 103 Å². The van der Waals surface area contributed by atoms with Gasteiger partial charge in [-0.25, -0.2) is 4.98 Å². The molecule has 2 heterocycles. The van der Waals surface area contributed by atoms with E-state index in [1.165, 1.54) is 17.8 Å². The van der Waals surface area contributed by atoms with E-state index in [0.29, 0.717) is 46.4 Å². The van der Waals surface area contributed by atoms with Crippen LogP contribution in [0.5, 0.6) is 0 Å². The average Bonchev–Trinajstić information content (AvgIpc) is 2.81. The molecule has 35 heavy (non-hydrogen) atoms. The molecular formula is C26H24N4O4S. The lowest BCUT2D eigenvalue weighted by atomic mass is 9.69. The van der Waals surface area contributed by atoms with E-state index in [-0.39, 0.29) is 22.4 Å². The molecule has 0 spiro atoms. The number of aromatic amines is 1. The third kappa shape index (κ3) is 4.39. The summed E-state index contributed by atoms with van der Waals surface area (Å²) in [6.45, 7) is 4.02. The number of H-pyrrole nitrogens is 1. The van der Waals surface area contributed by atoms with Crippen molar-refractivity contribution in [2.24, 2.45) is 5.41 Å². The number of anilines is 1. The summed E-state index contributed by atoms with van der Waals surface area (Å²) in [5.74, 6) is -0.0117. The Kier molecular flexibility index (Phi) is 5.80. The van der Waals surface area contributed by atoms with Crippen LogP contribution in [0, 0.1) is 15.5 Å². The molecule has 8 nitrogen and oxygen atoms in total. The number of allylic oxidation sites excluding steroid dienone is 2. The molecule has 0 unspecified atom stereocenters. The van der Waals surface area contributed by atoms with Crippen LogP contribution in [-0.4, -0.2) is 20.7 Å². The molecule has 2 N–H and O–H groups in total. The van der Waals surface area contributed by atoms with Gasteiger partial charge in [0.2, 0.25) is 0 Å². The van der Waals surface area contributed by atoms with Gasteiger partial charge < -0.3 is 10.3 Å². The average molecular weight is 489 g/mol. The second-order valence-electron chi connectivity index (χ2n) is 9.61. The minimum atomic E-state index is -0.865. The Bertz CT molecular complexity index is 1430. The Morgan fingerprint density at radius 1 is 1.09 bits per heavy atom. The summed E-state index contributed by atoms with van der Waals surface area (Å²) < 4.78 is 0. The number of ketones is 1. The van der Waals surface area contributed by atoms with Gasteiger partial charge in [0.25, 0.3) is 11.2 Å². The Balaban J connectivity index is 1.65. The number of carbonyl (C=O) groups excluding carboxylic acids is 1. The highest BCUT2D eigenvalue weighted by molar-refractivity contribution is 7.98. The number of nitro benzene ring substituents is 1. The first-order valence-electron chi connectivity index (χ1n) is 11.3. The molecule has 178 valence electrons. The molecule has 0 saturated carbocycles. The van der Waals surface area contributed by atoms with Crippen LogP contribution in [0.15, 0.2) is 75.8 Å². The molecule has 2 aromatic carbocycles.